The zero-order valence-electron chi connectivity index (χ0n) is 12.8. The van der Waals surface area contributed by atoms with Gasteiger partial charge in [0, 0.05) is 12.1 Å². The van der Waals surface area contributed by atoms with E-state index >= 15 is 0 Å². The first-order valence-corrected chi connectivity index (χ1v) is 7.10. The highest BCUT2D eigenvalue weighted by Crippen LogP contribution is 2.16. The summed E-state index contributed by atoms with van der Waals surface area (Å²) in [6, 6.07) is 9.92. The summed E-state index contributed by atoms with van der Waals surface area (Å²) >= 11 is 0. The third-order valence-electron chi connectivity index (χ3n) is 3.65. The van der Waals surface area contributed by atoms with Crippen molar-refractivity contribution in [2.75, 3.05) is 13.2 Å². The summed E-state index contributed by atoms with van der Waals surface area (Å²) in [6.45, 7) is 8.15. The smallest absolute Gasteiger partial charge is 0.0898 e. The molecule has 0 aliphatic carbocycles. The van der Waals surface area contributed by atoms with Gasteiger partial charge in [0.2, 0.25) is 0 Å². The minimum Gasteiger partial charge on any atom is -0.392 e. The van der Waals surface area contributed by atoms with E-state index in [0.29, 0.717) is 6.54 Å². The van der Waals surface area contributed by atoms with Crippen LogP contribution in [0.25, 0.3) is 0 Å². The highest BCUT2D eigenvalue weighted by atomic mass is 16.5. The van der Waals surface area contributed by atoms with E-state index < -0.39 is 17.7 Å². The number of nitrogens with one attached hydrogen (secondary N) is 1. The Morgan fingerprint density at radius 3 is 2.30 bits per heavy atom. The Morgan fingerprint density at radius 1 is 1.15 bits per heavy atom. The van der Waals surface area contributed by atoms with Gasteiger partial charge in [-0.05, 0) is 33.3 Å². The Labute approximate surface area is 121 Å². The Kier molecular flexibility index (Phi) is 6.62. The second kappa shape index (κ2) is 7.74. The second-order valence-electron chi connectivity index (χ2n) is 5.82. The molecule has 4 nitrogen and oxygen atoms in total. The molecule has 3 unspecified atom stereocenters. The Balaban J connectivity index is 2.32. The maximum atomic E-state index is 9.92. The molecule has 0 bridgehead atoms. The van der Waals surface area contributed by atoms with E-state index in [0.717, 1.165) is 5.56 Å². The first-order chi connectivity index (χ1) is 9.33. The van der Waals surface area contributed by atoms with Crippen molar-refractivity contribution >= 4 is 0 Å². The number of aliphatic hydroxyl groups is 2. The maximum absolute atomic E-state index is 9.92. The Bertz CT molecular complexity index is 379. The summed E-state index contributed by atoms with van der Waals surface area (Å²) in [4.78, 5) is 0. The maximum Gasteiger partial charge on any atom is 0.0898 e. The monoisotopic (exact) mass is 281 g/mol. The van der Waals surface area contributed by atoms with Crippen LogP contribution in [0.1, 0.15) is 39.4 Å². The molecule has 0 amide bonds. The molecule has 3 atom stereocenters. The van der Waals surface area contributed by atoms with Gasteiger partial charge < -0.3 is 20.3 Å². The molecule has 1 rings (SSSR count). The minimum atomic E-state index is -0.598. The van der Waals surface area contributed by atoms with Gasteiger partial charge in [0.05, 0.1) is 24.9 Å². The summed E-state index contributed by atoms with van der Waals surface area (Å²) in [6.07, 6.45) is -1.13. The van der Waals surface area contributed by atoms with Crippen LogP contribution in [0.2, 0.25) is 0 Å². The first-order valence-electron chi connectivity index (χ1n) is 7.10. The van der Waals surface area contributed by atoms with Crippen LogP contribution >= 0.6 is 0 Å². The molecule has 0 spiro atoms. The van der Waals surface area contributed by atoms with Crippen molar-refractivity contribution in [3.8, 4) is 0 Å². The molecule has 4 heteroatoms. The Morgan fingerprint density at radius 2 is 1.75 bits per heavy atom. The third kappa shape index (κ3) is 5.59. The molecular formula is C16H27NO3. The standard InChI is InChI=1S/C16H27NO3/c1-12(14-8-6-5-7-9-14)20-11-15(19)10-17-16(3,4)13(2)18/h5-9,12-13,15,17-19H,10-11H2,1-4H3. The van der Waals surface area contributed by atoms with Crippen molar-refractivity contribution in [3.05, 3.63) is 35.9 Å². The fourth-order valence-corrected chi connectivity index (χ4v) is 1.66. The zero-order valence-corrected chi connectivity index (χ0v) is 12.8. The molecule has 0 saturated heterocycles. The van der Waals surface area contributed by atoms with E-state index in [1.54, 1.807) is 6.92 Å². The number of ether oxygens (including phenoxy) is 1. The third-order valence-corrected chi connectivity index (χ3v) is 3.65. The van der Waals surface area contributed by atoms with E-state index in [2.05, 4.69) is 5.32 Å². The molecule has 0 aromatic heterocycles. The molecule has 20 heavy (non-hydrogen) atoms. The SMILES string of the molecule is CC(OCC(O)CNC(C)(C)C(C)O)c1ccccc1. The molecule has 114 valence electrons. The summed E-state index contributed by atoms with van der Waals surface area (Å²) in [7, 11) is 0. The summed E-state index contributed by atoms with van der Waals surface area (Å²) in [5, 5.41) is 22.6. The second-order valence-corrected chi connectivity index (χ2v) is 5.82. The van der Waals surface area contributed by atoms with Crippen molar-refractivity contribution in [1.82, 2.24) is 5.32 Å². The van der Waals surface area contributed by atoms with Gasteiger partial charge in [-0.3, -0.25) is 0 Å². The lowest BCUT2D eigenvalue weighted by molar-refractivity contribution is -0.00806. The van der Waals surface area contributed by atoms with Crippen LogP contribution < -0.4 is 5.32 Å². The predicted molar refractivity (Wildman–Crippen MR) is 80.6 cm³/mol. The van der Waals surface area contributed by atoms with E-state index in [9.17, 15) is 10.2 Å². The molecular weight excluding hydrogens is 254 g/mol. The molecule has 0 aliphatic rings. The number of hydrogen-bond acceptors (Lipinski definition) is 4. The summed E-state index contributed by atoms with van der Waals surface area (Å²) < 4.78 is 5.66. The fourth-order valence-electron chi connectivity index (χ4n) is 1.66. The van der Waals surface area contributed by atoms with E-state index in [4.69, 9.17) is 4.74 Å². The van der Waals surface area contributed by atoms with Crippen molar-refractivity contribution in [2.24, 2.45) is 0 Å². The lowest BCUT2D eigenvalue weighted by Gasteiger charge is -2.30. The van der Waals surface area contributed by atoms with Crippen LogP contribution in [0.15, 0.2) is 30.3 Å². The van der Waals surface area contributed by atoms with Crippen LogP contribution in [0.4, 0.5) is 0 Å². The minimum absolute atomic E-state index is 0.0457. The number of rotatable bonds is 8. The van der Waals surface area contributed by atoms with Gasteiger partial charge >= 0.3 is 0 Å². The van der Waals surface area contributed by atoms with Crippen LogP contribution in [0.5, 0.6) is 0 Å². The van der Waals surface area contributed by atoms with Gasteiger partial charge in [-0.15, -0.1) is 0 Å². The van der Waals surface area contributed by atoms with Crippen LogP contribution in [-0.2, 0) is 4.74 Å². The van der Waals surface area contributed by atoms with Gasteiger partial charge in [-0.25, -0.2) is 0 Å². The van der Waals surface area contributed by atoms with Crippen molar-refractivity contribution in [2.45, 2.75) is 51.5 Å². The molecule has 0 fully saturated rings. The highest BCUT2D eigenvalue weighted by molar-refractivity contribution is 5.16. The number of β-amino-alcohol motifs (C(OH)–C–C–N with tert-alkyl or cyclic N) is 1. The van der Waals surface area contributed by atoms with Crippen LogP contribution in [0, 0.1) is 0 Å². The average Bonchev–Trinajstić information content (AvgIpc) is 2.43. The zero-order chi connectivity index (χ0) is 15.2. The van der Waals surface area contributed by atoms with Crippen molar-refractivity contribution in [3.63, 3.8) is 0 Å². The van der Waals surface area contributed by atoms with E-state index in [-0.39, 0.29) is 12.7 Å². The van der Waals surface area contributed by atoms with Crippen molar-refractivity contribution in [1.29, 1.82) is 0 Å². The first kappa shape index (κ1) is 17.1. The van der Waals surface area contributed by atoms with Gasteiger partial charge in [0.15, 0.2) is 0 Å². The molecule has 1 aromatic rings. The van der Waals surface area contributed by atoms with Crippen LogP contribution in [-0.4, -0.2) is 41.1 Å². The largest absolute Gasteiger partial charge is 0.392 e. The number of hydrogen-bond donors (Lipinski definition) is 3. The number of aliphatic hydroxyl groups excluding tert-OH is 2. The summed E-state index contributed by atoms with van der Waals surface area (Å²) in [5.41, 5.74) is 0.670. The molecule has 0 saturated carbocycles. The molecule has 0 radical (unpaired) electrons. The van der Waals surface area contributed by atoms with Gasteiger partial charge in [0.25, 0.3) is 0 Å². The van der Waals surface area contributed by atoms with Gasteiger partial charge in [0.1, 0.15) is 0 Å². The van der Waals surface area contributed by atoms with E-state index in [1.807, 2.05) is 51.1 Å². The summed E-state index contributed by atoms with van der Waals surface area (Å²) in [5.74, 6) is 0. The number of benzene rings is 1. The quantitative estimate of drug-likeness (QED) is 0.681. The van der Waals surface area contributed by atoms with Gasteiger partial charge in [-0.1, -0.05) is 30.3 Å². The molecule has 0 aliphatic heterocycles. The van der Waals surface area contributed by atoms with E-state index in [1.165, 1.54) is 0 Å². The topological polar surface area (TPSA) is 61.7 Å². The lowest BCUT2D eigenvalue weighted by Crippen LogP contribution is -2.51. The Hall–Kier alpha value is -0.940. The molecule has 1 aromatic carbocycles. The van der Waals surface area contributed by atoms with Crippen LogP contribution in [0.3, 0.4) is 0 Å². The highest BCUT2D eigenvalue weighted by Gasteiger charge is 2.24. The normalized spacial score (nSPS) is 16.7. The van der Waals surface area contributed by atoms with Gasteiger partial charge in [-0.2, -0.15) is 0 Å². The average molecular weight is 281 g/mol. The molecule has 3 N–H and O–H groups in total. The van der Waals surface area contributed by atoms with Crippen molar-refractivity contribution < 1.29 is 14.9 Å². The molecule has 0 heterocycles. The predicted octanol–water partition coefficient (Wildman–Crippen LogP) is 1.87. The lowest BCUT2D eigenvalue weighted by atomic mass is 9.98. The fraction of sp³-hybridized carbons (Fsp3) is 0.625.